The predicted molar refractivity (Wildman–Crippen MR) is 73.9 cm³/mol. The van der Waals surface area contributed by atoms with Gasteiger partial charge in [-0.05, 0) is 29.1 Å². The molecule has 0 radical (unpaired) electrons. The maximum absolute atomic E-state index is 14.2. The van der Waals surface area contributed by atoms with Crippen LogP contribution in [0.1, 0.15) is 16.7 Å². The maximum Gasteiger partial charge on any atom is 0.397 e. The zero-order valence-electron chi connectivity index (χ0n) is 11.9. The fourth-order valence-electron chi connectivity index (χ4n) is 2.32. The third-order valence-electron chi connectivity index (χ3n) is 3.06. The van der Waals surface area contributed by atoms with Crippen molar-refractivity contribution < 1.29 is 26.1 Å². The first-order chi connectivity index (χ1) is 8.86. The Morgan fingerprint density at radius 2 is 1.55 bits per heavy atom. The van der Waals surface area contributed by atoms with Crippen molar-refractivity contribution in [3.8, 4) is 0 Å². The standard InChI is InChI=1S/C12H17F3O3SSi/c1-8-6-7-9(2)11(20(3,4)5)10(8)12(13,14)19(16,17)18-15/h6-7H,1-5H3. The smallest absolute Gasteiger partial charge is 0.190 e. The van der Waals surface area contributed by atoms with E-state index in [1.807, 2.05) is 19.6 Å². The Balaban J connectivity index is 3.82. The summed E-state index contributed by atoms with van der Waals surface area (Å²) < 4.78 is 65.5. The van der Waals surface area contributed by atoms with Gasteiger partial charge < -0.3 is 0 Å². The highest BCUT2D eigenvalue weighted by Crippen LogP contribution is 2.37. The second-order valence-electron chi connectivity index (χ2n) is 5.73. The summed E-state index contributed by atoms with van der Waals surface area (Å²) in [6.07, 6.45) is 0. The molecule has 3 nitrogen and oxygen atoms in total. The Labute approximate surface area is 117 Å². The average molecular weight is 326 g/mol. The van der Waals surface area contributed by atoms with Gasteiger partial charge in [0.25, 0.3) is 0 Å². The molecule has 0 unspecified atom stereocenters. The van der Waals surface area contributed by atoms with Crippen molar-refractivity contribution in [1.82, 2.24) is 0 Å². The molecule has 0 amide bonds. The molecule has 0 N–H and O–H groups in total. The molecule has 1 rings (SSSR count). The molecular formula is C12H17F3O3SSi. The summed E-state index contributed by atoms with van der Waals surface area (Å²) in [6.45, 7) is 8.46. The van der Waals surface area contributed by atoms with Crippen LogP contribution in [0.25, 0.3) is 0 Å². The van der Waals surface area contributed by atoms with Gasteiger partial charge in [0.15, 0.2) is 0 Å². The van der Waals surface area contributed by atoms with E-state index in [1.54, 1.807) is 13.0 Å². The van der Waals surface area contributed by atoms with Crippen LogP contribution in [-0.2, 0) is 19.8 Å². The Hall–Kier alpha value is -0.863. The summed E-state index contributed by atoms with van der Waals surface area (Å²) in [5, 5.41) is -4.11. The van der Waals surface area contributed by atoms with E-state index in [1.165, 1.54) is 13.0 Å². The van der Waals surface area contributed by atoms with Gasteiger partial charge in [-0.1, -0.05) is 41.7 Å². The van der Waals surface area contributed by atoms with E-state index in [-0.39, 0.29) is 5.56 Å². The summed E-state index contributed by atoms with van der Waals surface area (Å²) in [6, 6.07) is 3.06. The Morgan fingerprint density at radius 3 is 1.95 bits per heavy atom. The van der Waals surface area contributed by atoms with E-state index >= 15 is 0 Å². The molecule has 8 heteroatoms. The summed E-state index contributed by atoms with van der Waals surface area (Å²) in [7, 11) is -7.93. The lowest BCUT2D eigenvalue weighted by Gasteiger charge is -2.28. The molecule has 0 saturated heterocycles. The fourth-order valence-corrected chi connectivity index (χ4v) is 5.37. The van der Waals surface area contributed by atoms with Crippen LogP contribution in [0.3, 0.4) is 0 Å². The molecule has 0 aromatic heterocycles. The third kappa shape index (κ3) is 2.77. The second kappa shape index (κ2) is 5.16. The van der Waals surface area contributed by atoms with Crippen LogP contribution in [0.15, 0.2) is 12.1 Å². The number of aryl methyl sites for hydroxylation is 2. The zero-order chi connectivity index (χ0) is 15.9. The first-order valence-corrected chi connectivity index (χ1v) is 10.8. The van der Waals surface area contributed by atoms with E-state index in [9.17, 15) is 21.7 Å². The van der Waals surface area contributed by atoms with E-state index in [4.69, 9.17) is 0 Å². The lowest BCUT2D eigenvalue weighted by Crippen LogP contribution is -2.47. The van der Waals surface area contributed by atoms with E-state index in [0.717, 1.165) is 0 Å². The average Bonchev–Trinajstić information content (AvgIpc) is 2.29. The van der Waals surface area contributed by atoms with Crippen LogP contribution in [0, 0.1) is 13.8 Å². The highest BCUT2D eigenvalue weighted by atomic mass is 32.2. The number of hydrogen-bond donors (Lipinski definition) is 0. The molecule has 114 valence electrons. The van der Waals surface area contributed by atoms with Gasteiger partial charge in [-0.25, -0.2) is 0 Å². The van der Waals surface area contributed by atoms with Crippen molar-refractivity contribution in [1.29, 1.82) is 0 Å². The van der Waals surface area contributed by atoms with Crippen LogP contribution in [0.2, 0.25) is 19.6 Å². The van der Waals surface area contributed by atoms with Gasteiger partial charge in [0.2, 0.25) is 0 Å². The van der Waals surface area contributed by atoms with Crippen molar-refractivity contribution in [2.75, 3.05) is 0 Å². The largest absolute Gasteiger partial charge is 0.397 e. The molecule has 0 aliphatic carbocycles. The molecule has 0 heterocycles. The first kappa shape index (κ1) is 17.2. The minimum absolute atomic E-state index is 0.0960. The Bertz CT molecular complexity index is 622. The third-order valence-corrected chi connectivity index (χ3v) is 6.20. The van der Waals surface area contributed by atoms with Gasteiger partial charge in [-0.3, -0.25) is 0 Å². The summed E-state index contributed by atoms with van der Waals surface area (Å²) in [5.41, 5.74) is 0.00599. The van der Waals surface area contributed by atoms with Gasteiger partial charge in [0, 0.05) is 5.56 Å². The summed E-state index contributed by atoms with van der Waals surface area (Å²) >= 11 is 0. The highest BCUT2D eigenvalue weighted by Gasteiger charge is 2.52. The van der Waals surface area contributed by atoms with Gasteiger partial charge in [-0.15, -0.1) is 0 Å². The van der Waals surface area contributed by atoms with E-state index in [0.29, 0.717) is 10.8 Å². The molecule has 0 spiro atoms. The van der Waals surface area contributed by atoms with Gasteiger partial charge in [0.1, 0.15) is 0 Å². The van der Waals surface area contributed by atoms with Crippen LogP contribution in [0.4, 0.5) is 13.3 Å². The quantitative estimate of drug-likeness (QED) is 0.799. The number of rotatable bonds is 4. The van der Waals surface area contributed by atoms with Crippen molar-refractivity contribution in [2.24, 2.45) is 0 Å². The zero-order valence-corrected chi connectivity index (χ0v) is 13.7. The normalized spacial score (nSPS) is 13.6. The van der Waals surface area contributed by atoms with Crippen LogP contribution < -0.4 is 5.19 Å². The molecule has 0 saturated carbocycles. The molecule has 1 aromatic rings. The monoisotopic (exact) mass is 326 g/mol. The molecule has 1 aromatic carbocycles. The number of benzene rings is 1. The van der Waals surface area contributed by atoms with Gasteiger partial charge in [-0.2, -0.15) is 17.2 Å². The molecule has 0 atom stereocenters. The maximum atomic E-state index is 14.2. The van der Waals surface area contributed by atoms with Crippen molar-refractivity contribution in [3.05, 3.63) is 28.8 Å². The number of hydrogen-bond acceptors (Lipinski definition) is 3. The van der Waals surface area contributed by atoms with Crippen molar-refractivity contribution >= 4 is 23.4 Å². The molecule has 0 fully saturated rings. The predicted octanol–water partition coefficient (Wildman–Crippen LogP) is 3.13. The molecule has 0 aliphatic rings. The lowest BCUT2D eigenvalue weighted by molar-refractivity contribution is -0.0288. The Morgan fingerprint density at radius 1 is 1.10 bits per heavy atom. The highest BCUT2D eigenvalue weighted by molar-refractivity contribution is 7.87. The topological polar surface area (TPSA) is 43.4 Å². The van der Waals surface area contributed by atoms with Crippen LogP contribution >= 0.6 is 0 Å². The first-order valence-electron chi connectivity index (χ1n) is 5.90. The van der Waals surface area contributed by atoms with E-state index in [2.05, 4.69) is 4.39 Å². The van der Waals surface area contributed by atoms with Crippen LogP contribution in [0.5, 0.6) is 0 Å². The molecular weight excluding hydrogens is 309 g/mol. The van der Waals surface area contributed by atoms with E-state index < -0.39 is 29.0 Å². The Kier molecular flexibility index (Phi) is 4.43. The molecule has 20 heavy (non-hydrogen) atoms. The van der Waals surface area contributed by atoms with Gasteiger partial charge >= 0.3 is 15.4 Å². The molecule has 0 aliphatic heterocycles. The summed E-state index contributed by atoms with van der Waals surface area (Å²) in [5.74, 6) is 0. The fraction of sp³-hybridized carbons (Fsp3) is 0.500. The second-order valence-corrected chi connectivity index (χ2v) is 12.3. The summed E-state index contributed by atoms with van der Waals surface area (Å²) in [4.78, 5) is 0. The minimum atomic E-state index is -5.65. The van der Waals surface area contributed by atoms with Gasteiger partial charge in [0.05, 0.1) is 8.07 Å². The molecule has 0 bridgehead atoms. The minimum Gasteiger partial charge on any atom is -0.190 e. The number of halogens is 3. The SMILES string of the molecule is Cc1ccc(C)c([Si](C)(C)C)c1C(F)(F)S(=O)(=O)OF. The van der Waals surface area contributed by atoms with Crippen molar-refractivity contribution in [3.63, 3.8) is 0 Å². The van der Waals surface area contributed by atoms with Crippen LogP contribution in [-0.4, -0.2) is 16.5 Å². The number of alkyl halides is 2. The van der Waals surface area contributed by atoms with Crippen molar-refractivity contribution in [2.45, 2.75) is 38.7 Å². The lowest BCUT2D eigenvalue weighted by atomic mass is 10.1.